The monoisotopic (exact) mass is 419 g/mol. The number of amides is 3. The van der Waals surface area contributed by atoms with Crippen molar-refractivity contribution >= 4 is 22.0 Å². The second kappa shape index (κ2) is 9.89. The van der Waals surface area contributed by atoms with E-state index in [1.54, 1.807) is 0 Å². The van der Waals surface area contributed by atoms with Crippen LogP contribution in [0.4, 0.5) is 13.6 Å². The number of imide groups is 1. The summed E-state index contributed by atoms with van der Waals surface area (Å²) in [6.45, 7) is 3.21. The lowest BCUT2D eigenvalue weighted by molar-refractivity contribution is -0.895. The van der Waals surface area contributed by atoms with Crippen molar-refractivity contribution in [2.24, 2.45) is 0 Å². The Hall–Kier alpha value is -2.11. The maximum absolute atomic E-state index is 13.8. The molecule has 1 aromatic rings. The van der Waals surface area contributed by atoms with Crippen molar-refractivity contribution in [3.05, 3.63) is 29.8 Å². The first kappa shape index (κ1) is 22.2. The molecule has 1 heterocycles. The molecule has 1 aromatic carbocycles. The molecule has 156 valence electrons. The van der Waals surface area contributed by atoms with E-state index >= 15 is 0 Å². The molecule has 3 N–H and O–H groups in total. The first-order valence-electron chi connectivity index (χ1n) is 9.10. The summed E-state index contributed by atoms with van der Waals surface area (Å²) in [6.07, 6.45) is 1.74. The van der Waals surface area contributed by atoms with Gasteiger partial charge in [0.25, 0.3) is 5.91 Å². The summed E-state index contributed by atoms with van der Waals surface area (Å²) in [5.74, 6) is -2.31. The van der Waals surface area contributed by atoms with Gasteiger partial charge in [0.05, 0.1) is 26.2 Å². The number of nitrogens with one attached hydrogen (secondary N) is 3. The minimum atomic E-state index is -4.16. The highest BCUT2D eigenvalue weighted by atomic mass is 32.2. The summed E-state index contributed by atoms with van der Waals surface area (Å²) in [5.41, 5.74) is 0. The molecule has 3 amide bonds. The van der Waals surface area contributed by atoms with Gasteiger partial charge >= 0.3 is 6.03 Å². The molecule has 0 saturated carbocycles. The molecule has 0 aromatic heterocycles. The van der Waals surface area contributed by atoms with Crippen LogP contribution >= 0.6 is 0 Å². The minimum Gasteiger partial charge on any atom is -0.338 e. The molecule has 2 rings (SSSR count). The highest BCUT2D eigenvalue weighted by Gasteiger charge is 2.33. The maximum atomic E-state index is 13.8. The van der Waals surface area contributed by atoms with Crippen molar-refractivity contribution in [2.75, 3.05) is 39.3 Å². The Balaban J connectivity index is 1.86. The van der Waals surface area contributed by atoms with Crippen LogP contribution < -0.4 is 15.5 Å². The van der Waals surface area contributed by atoms with Gasteiger partial charge in [0.2, 0.25) is 10.0 Å². The first-order chi connectivity index (χ1) is 13.2. The van der Waals surface area contributed by atoms with Gasteiger partial charge in [-0.3, -0.25) is 10.1 Å². The molecule has 1 saturated heterocycles. The van der Waals surface area contributed by atoms with Gasteiger partial charge in [-0.2, -0.15) is 4.31 Å². The number of carbonyl (C=O) groups is 2. The number of carbonyl (C=O) groups excluding carboxylic acids is 2. The molecule has 0 unspecified atom stereocenters. The van der Waals surface area contributed by atoms with Crippen LogP contribution in [0.5, 0.6) is 0 Å². The fraction of sp³-hybridized carbons (Fsp3) is 0.529. The first-order valence-corrected chi connectivity index (χ1v) is 10.5. The topological polar surface area (TPSA) is 100 Å². The average molecular weight is 419 g/mol. The zero-order valence-corrected chi connectivity index (χ0v) is 16.4. The van der Waals surface area contributed by atoms with E-state index in [2.05, 4.69) is 10.6 Å². The van der Waals surface area contributed by atoms with Gasteiger partial charge in [0.15, 0.2) is 6.54 Å². The molecule has 8 nitrogen and oxygen atoms in total. The van der Waals surface area contributed by atoms with Crippen LogP contribution in [0.3, 0.4) is 0 Å². The highest BCUT2D eigenvalue weighted by molar-refractivity contribution is 7.89. The van der Waals surface area contributed by atoms with Crippen molar-refractivity contribution in [3.63, 3.8) is 0 Å². The van der Waals surface area contributed by atoms with Crippen molar-refractivity contribution in [2.45, 2.75) is 24.7 Å². The molecule has 11 heteroatoms. The third-order valence-electron chi connectivity index (χ3n) is 4.42. The molecular weight excluding hydrogens is 394 g/mol. The normalized spacial score (nSPS) is 16.0. The smallest absolute Gasteiger partial charge is 0.321 e. The number of hydrogen-bond donors (Lipinski definition) is 3. The molecule has 28 heavy (non-hydrogen) atoms. The summed E-state index contributed by atoms with van der Waals surface area (Å²) in [6, 6.07) is 1.74. The second-order valence-corrected chi connectivity index (χ2v) is 8.47. The van der Waals surface area contributed by atoms with Crippen LogP contribution in [0.15, 0.2) is 23.1 Å². The molecule has 1 aliphatic heterocycles. The number of benzene rings is 1. The van der Waals surface area contributed by atoms with E-state index in [-0.39, 0.29) is 19.6 Å². The lowest BCUT2D eigenvalue weighted by Gasteiger charge is -2.31. The Labute approximate surface area is 162 Å². The molecule has 0 aliphatic carbocycles. The number of halogens is 2. The molecule has 1 fully saturated rings. The summed E-state index contributed by atoms with van der Waals surface area (Å²) in [4.78, 5) is 23.6. The fourth-order valence-electron chi connectivity index (χ4n) is 2.85. The number of hydrogen-bond acceptors (Lipinski definition) is 4. The zero-order chi connectivity index (χ0) is 20.7. The van der Waals surface area contributed by atoms with E-state index in [0.717, 1.165) is 34.2 Å². The Morgan fingerprint density at radius 1 is 1.21 bits per heavy atom. The van der Waals surface area contributed by atoms with Crippen LogP contribution in [0.1, 0.15) is 19.8 Å². The summed E-state index contributed by atoms with van der Waals surface area (Å²) in [7, 11) is -4.16. The van der Waals surface area contributed by atoms with Crippen molar-refractivity contribution in [1.82, 2.24) is 14.9 Å². The quantitative estimate of drug-likeness (QED) is 0.518. The Morgan fingerprint density at radius 2 is 1.89 bits per heavy atom. The molecular formula is C17H25F2N4O4S+. The fourth-order valence-corrected chi connectivity index (χ4v) is 4.37. The second-order valence-electron chi connectivity index (χ2n) is 6.56. The van der Waals surface area contributed by atoms with E-state index < -0.39 is 38.5 Å². The maximum Gasteiger partial charge on any atom is 0.321 e. The molecule has 0 spiro atoms. The van der Waals surface area contributed by atoms with E-state index in [4.69, 9.17) is 0 Å². The predicted molar refractivity (Wildman–Crippen MR) is 97.1 cm³/mol. The van der Waals surface area contributed by atoms with Gasteiger partial charge < -0.3 is 10.2 Å². The zero-order valence-electron chi connectivity index (χ0n) is 15.6. The van der Waals surface area contributed by atoms with Gasteiger partial charge in [-0.1, -0.05) is 13.3 Å². The van der Waals surface area contributed by atoms with E-state index in [1.165, 1.54) is 0 Å². The number of urea groups is 1. The predicted octanol–water partition coefficient (Wildman–Crippen LogP) is -0.520. The van der Waals surface area contributed by atoms with E-state index in [0.29, 0.717) is 25.7 Å². The van der Waals surface area contributed by atoms with E-state index in [1.807, 2.05) is 6.92 Å². The van der Waals surface area contributed by atoms with Crippen LogP contribution in [0.2, 0.25) is 0 Å². The van der Waals surface area contributed by atoms with Gasteiger partial charge in [-0.15, -0.1) is 0 Å². The number of unbranched alkanes of at least 4 members (excludes halogenated alkanes) is 1. The SMILES string of the molecule is CCCCNC(=O)NC(=O)C[NH+]1CCN(S(=O)(=O)c2cc(F)ccc2F)CC1. The van der Waals surface area contributed by atoms with Gasteiger partial charge in [0.1, 0.15) is 16.5 Å². The van der Waals surface area contributed by atoms with E-state index in [9.17, 15) is 26.8 Å². The highest BCUT2D eigenvalue weighted by Crippen LogP contribution is 2.20. The van der Waals surface area contributed by atoms with Gasteiger partial charge in [-0.25, -0.2) is 22.0 Å². The van der Waals surface area contributed by atoms with Crippen LogP contribution in [0.25, 0.3) is 0 Å². The third kappa shape index (κ3) is 5.94. The van der Waals surface area contributed by atoms with Crippen molar-refractivity contribution < 1.29 is 31.7 Å². The molecule has 0 radical (unpaired) electrons. The summed E-state index contributed by atoms with van der Waals surface area (Å²) < 4.78 is 53.3. The Bertz CT molecular complexity index is 811. The number of nitrogens with zero attached hydrogens (tertiary/aromatic N) is 1. The van der Waals surface area contributed by atoms with Crippen molar-refractivity contribution in [1.29, 1.82) is 0 Å². The number of sulfonamides is 1. The summed E-state index contributed by atoms with van der Waals surface area (Å²) >= 11 is 0. The lowest BCUT2D eigenvalue weighted by Crippen LogP contribution is -3.15. The molecule has 1 aliphatic rings. The molecule has 0 atom stereocenters. The number of piperazine rings is 1. The van der Waals surface area contributed by atoms with Gasteiger partial charge in [0, 0.05) is 6.54 Å². The largest absolute Gasteiger partial charge is 0.338 e. The Kier molecular flexibility index (Phi) is 7.84. The molecule has 0 bridgehead atoms. The minimum absolute atomic E-state index is 0.0173. The Morgan fingerprint density at radius 3 is 2.54 bits per heavy atom. The lowest BCUT2D eigenvalue weighted by atomic mass is 10.3. The third-order valence-corrected chi connectivity index (χ3v) is 6.33. The van der Waals surface area contributed by atoms with Crippen LogP contribution in [0, 0.1) is 11.6 Å². The van der Waals surface area contributed by atoms with Crippen LogP contribution in [-0.4, -0.2) is 63.9 Å². The number of rotatable bonds is 7. The van der Waals surface area contributed by atoms with Gasteiger partial charge in [-0.05, 0) is 24.6 Å². The van der Waals surface area contributed by atoms with Crippen molar-refractivity contribution in [3.8, 4) is 0 Å². The summed E-state index contributed by atoms with van der Waals surface area (Å²) in [5, 5.41) is 4.81. The standard InChI is InChI=1S/C17H24F2N4O4S/c1-2-3-6-20-17(25)21-16(24)12-22-7-9-23(10-8-22)28(26,27)15-11-13(18)4-5-14(15)19/h4-5,11H,2-3,6-10,12H2,1H3,(H2,20,21,24,25)/p+1. The van der Waals surface area contributed by atoms with Crippen LogP contribution in [-0.2, 0) is 14.8 Å². The average Bonchev–Trinajstić information content (AvgIpc) is 2.64. The number of quaternary nitrogens is 1.